The van der Waals surface area contributed by atoms with Gasteiger partial charge in [0.25, 0.3) is 5.91 Å². The molecule has 6 nitrogen and oxygen atoms in total. The molecule has 0 aliphatic rings. The number of likely N-dealkylation sites (N-methyl/N-ethyl adjacent to an activating group) is 1. The Balaban J connectivity index is 4.03. The van der Waals surface area contributed by atoms with E-state index in [9.17, 15) is 9.59 Å². The van der Waals surface area contributed by atoms with Crippen LogP contribution in [-0.2, 0) is 14.4 Å². The minimum atomic E-state index is -0.669. The van der Waals surface area contributed by atoms with E-state index in [4.69, 9.17) is 0 Å². The van der Waals surface area contributed by atoms with Gasteiger partial charge in [-0.05, 0) is 6.92 Å². The Morgan fingerprint density at radius 2 is 1.92 bits per heavy atom. The van der Waals surface area contributed by atoms with E-state index in [2.05, 4.69) is 14.9 Å². The number of ether oxygens (including phenoxy) is 1. The van der Waals surface area contributed by atoms with Crippen LogP contribution in [0.4, 0.5) is 4.79 Å². The van der Waals surface area contributed by atoms with Crippen LogP contribution >= 0.6 is 0 Å². The van der Waals surface area contributed by atoms with Crippen LogP contribution in [0.1, 0.15) is 6.92 Å². The highest BCUT2D eigenvalue weighted by molar-refractivity contribution is 5.84. The average Bonchev–Trinajstić information content (AvgIpc) is 2.14. The molecule has 6 heteroatoms. The summed E-state index contributed by atoms with van der Waals surface area (Å²) < 4.78 is 4.32. The molecule has 0 fully saturated rings. The van der Waals surface area contributed by atoms with Crippen molar-refractivity contribution in [2.75, 3.05) is 21.3 Å². The van der Waals surface area contributed by atoms with Gasteiger partial charge in [0.2, 0.25) is 0 Å². The molecule has 0 radical (unpaired) electrons. The maximum absolute atomic E-state index is 11.3. The monoisotopic (exact) mass is 190 g/mol. The molecule has 13 heavy (non-hydrogen) atoms. The van der Waals surface area contributed by atoms with Gasteiger partial charge in [-0.25, -0.2) is 9.86 Å². The number of nitrogens with one attached hydrogen (secondary N) is 1. The molecule has 0 heterocycles. The van der Waals surface area contributed by atoms with Gasteiger partial charge in [0, 0.05) is 7.05 Å². The number of methoxy groups -OCH3 is 1. The number of amides is 2. The Morgan fingerprint density at radius 1 is 1.38 bits per heavy atom. The summed E-state index contributed by atoms with van der Waals surface area (Å²) in [5, 5.41) is 3.34. The van der Waals surface area contributed by atoms with Crippen molar-refractivity contribution < 1.29 is 19.2 Å². The third-order valence-corrected chi connectivity index (χ3v) is 1.47. The summed E-state index contributed by atoms with van der Waals surface area (Å²) in [5.41, 5.74) is 0. The lowest BCUT2D eigenvalue weighted by Crippen LogP contribution is -2.45. The molecule has 1 atom stereocenters. The van der Waals surface area contributed by atoms with E-state index in [0.717, 1.165) is 5.06 Å². The van der Waals surface area contributed by atoms with Gasteiger partial charge in [0.05, 0.1) is 14.2 Å². The van der Waals surface area contributed by atoms with Crippen LogP contribution in [0, 0.1) is 0 Å². The van der Waals surface area contributed by atoms with Crippen LogP contribution in [0.15, 0.2) is 0 Å². The molecule has 0 aromatic heterocycles. The average molecular weight is 190 g/mol. The summed E-state index contributed by atoms with van der Waals surface area (Å²) in [6.45, 7) is 1.54. The molecule has 0 rings (SSSR count). The molecule has 0 aliphatic carbocycles. The van der Waals surface area contributed by atoms with Crippen molar-refractivity contribution in [1.29, 1.82) is 0 Å². The first kappa shape index (κ1) is 11.7. The first-order chi connectivity index (χ1) is 6.02. The van der Waals surface area contributed by atoms with Gasteiger partial charge >= 0.3 is 6.09 Å². The molecule has 0 aromatic carbocycles. The number of carbonyl (C=O) groups excluding carboxylic acids is 2. The maximum atomic E-state index is 11.3. The Bertz CT molecular complexity index is 195. The third kappa shape index (κ3) is 3.75. The van der Waals surface area contributed by atoms with Crippen molar-refractivity contribution in [3.8, 4) is 0 Å². The van der Waals surface area contributed by atoms with Crippen LogP contribution < -0.4 is 5.32 Å². The van der Waals surface area contributed by atoms with Crippen molar-refractivity contribution in [2.45, 2.75) is 13.0 Å². The summed E-state index contributed by atoms with van der Waals surface area (Å²) in [4.78, 5) is 26.6. The fourth-order valence-electron chi connectivity index (χ4n) is 0.660. The fourth-order valence-corrected chi connectivity index (χ4v) is 0.660. The molecule has 2 amide bonds. The van der Waals surface area contributed by atoms with Crippen LogP contribution in [0.5, 0.6) is 0 Å². The second-order valence-corrected chi connectivity index (χ2v) is 2.38. The first-order valence-corrected chi connectivity index (χ1v) is 3.69. The van der Waals surface area contributed by atoms with E-state index >= 15 is 0 Å². The highest BCUT2D eigenvalue weighted by Crippen LogP contribution is 1.91. The maximum Gasteiger partial charge on any atom is 0.407 e. The minimum Gasteiger partial charge on any atom is -0.453 e. The van der Waals surface area contributed by atoms with Crippen molar-refractivity contribution in [3.05, 3.63) is 0 Å². The van der Waals surface area contributed by atoms with Gasteiger partial charge in [-0.2, -0.15) is 0 Å². The van der Waals surface area contributed by atoms with Gasteiger partial charge in [-0.1, -0.05) is 0 Å². The van der Waals surface area contributed by atoms with Gasteiger partial charge in [-0.3, -0.25) is 9.63 Å². The quantitative estimate of drug-likeness (QED) is 0.623. The van der Waals surface area contributed by atoms with E-state index in [1.165, 1.54) is 28.2 Å². The number of rotatable bonds is 3. The van der Waals surface area contributed by atoms with Crippen LogP contribution in [0.3, 0.4) is 0 Å². The molecule has 1 N–H and O–H groups in total. The van der Waals surface area contributed by atoms with Gasteiger partial charge < -0.3 is 10.1 Å². The predicted octanol–water partition coefficient (Wildman–Crippen LogP) is -0.249. The lowest BCUT2D eigenvalue weighted by molar-refractivity contribution is -0.170. The fraction of sp³-hybridized carbons (Fsp3) is 0.714. The van der Waals surface area contributed by atoms with Crippen molar-refractivity contribution >= 4 is 12.0 Å². The summed E-state index contributed by atoms with van der Waals surface area (Å²) >= 11 is 0. The lowest BCUT2D eigenvalue weighted by Gasteiger charge is -2.18. The zero-order valence-corrected chi connectivity index (χ0v) is 8.16. The number of nitrogens with zero attached hydrogens (tertiary/aromatic N) is 1. The van der Waals surface area contributed by atoms with Crippen molar-refractivity contribution in [2.24, 2.45) is 0 Å². The molecule has 0 bridgehead atoms. The van der Waals surface area contributed by atoms with Crippen molar-refractivity contribution in [1.82, 2.24) is 10.4 Å². The Morgan fingerprint density at radius 3 is 2.31 bits per heavy atom. The van der Waals surface area contributed by atoms with E-state index in [-0.39, 0.29) is 5.91 Å². The normalized spacial score (nSPS) is 11.7. The minimum absolute atomic E-state index is 0.354. The molecule has 0 aromatic rings. The number of hydroxylamine groups is 2. The molecule has 0 aliphatic heterocycles. The zero-order chi connectivity index (χ0) is 10.4. The number of carbonyl (C=O) groups is 2. The molecular weight excluding hydrogens is 176 g/mol. The summed E-state index contributed by atoms with van der Waals surface area (Å²) in [6.07, 6.45) is -0.648. The molecule has 0 saturated carbocycles. The Hall–Kier alpha value is -1.30. The standard InChI is InChI=1S/C7H14N2O4/c1-5(8-7(11)12-3)6(10)9(2)13-4/h5H,1-4H3,(H,8,11)/t5-/m1/s1. The predicted molar refractivity (Wildman–Crippen MR) is 44.8 cm³/mol. The van der Waals surface area contributed by atoms with E-state index in [0.29, 0.717) is 0 Å². The molecule has 0 spiro atoms. The Kier molecular flexibility index (Phi) is 4.83. The number of alkyl carbamates (subject to hydrolysis) is 1. The van der Waals surface area contributed by atoms with E-state index in [1.807, 2.05) is 0 Å². The second kappa shape index (κ2) is 5.36. The summed E-state index contributed by atoms with van der Waals surface area (Å²) in [5.74, 6) is -0.354. The van der Waals surface area contributed by atoms with Gasteiger partial charge in [0.1, 0.15) is 6.04 Å². The largest absolute Gasteiger partial charge is 0.453 e. The lowest BCUT2D eigenvalue weighted by atomic mass is 10.3. The molecular formula is C7H14N2O4. The summed E-state index contributed by atoms with van der Waals surface area (Å²) in [6, 6.07) is -0.669. The molecule has 76 valence electrons. The van der Waals surface area contributed by atoms with Crippen LogP contribution in [0.25, 0.3) is 0 Å². The highest BCUT2D eigenvalue weighted by Gasteiger charge is 2.19. The Labute approximate surface area is 76.7 Å². The number of hydrogen-bond acceptors (Lipinski definition) is 4. The molecule has 0 unspecified atom stereocenters. The van der Waals surface area contributed by atoms with Crippen molar-refractivity contribution in [3.63, 3.8) is 0 Å². The topological polar surface area (TPSA) is 67.9 Å². The highest BCUT2D eigenvalue weighted by atomic mass is 16.7. The smallest absolute Gasteiger partial charge is 0.407 e. The second-order valence-electron chi connectivity index (χ2n) is 2.38. The first-order valence-electron chi connectivity index (χ1n) is 3.69. The van der Waals surface area contributed by atoms with Gasteiger partial charge in [-0.15, -0.1) is 0 Å². The van der Waals surface area contributed by atoms with Crippen LogP contribution in [0.2, 0.25) is 0 Å². The van der Waals surface area contributed by atoms with E-state index in [1.54, 1.807) is 0 Å². The van der Waals surface area contributed by atoms with E-state index < -0.39 is 12.1 Å². The van der Waals surface area contributed by atoms with Crippen LogP contribution in [-0.4, -0.2) is 44.4 Å². The summed E-state index contributed by atoms with van der Waals surface area (Å²) in [7, 11) is 4.05. The van der Waals surface area contributed by atoms with Gasteiger partial charge in [0.15, 0.2) is 0 Å². The SMILES string of the molecule is COC(=O)N[C@H](C)C(=O)N(C)OC. The number of hydrogen-bond donors (Lipinski definition) is 1. The zero-order valence-electron chi connectivity index (χ0n) is 8.16. The third-order valence-electron chi connectivity index (χ3n) is 1.47. The molecule has 0 saturated heterocycles.